The minimum Gasteiger partial charge on any atom is -0.454 e. The molecule has 0 aliphatic carbocycles. The first-order valence-electron chi connectivity index (χ1n) is 10.4. The number of esters is 1. The molecule has 32 heavy (non-hydrogen) atoms. The molecule has 1 aliphatic heterocycles. The maximum absolute atomic E-state index is 12.6. The third-order valence-corrected chi connectivity index (χ3v) is 9.25. The molecular formula is C22H25N3O4S3. The molecule has 0 atom stereocenters. The Hall–Kier alpha value is -2.01. The summed E-state index contributed by atoms with van der Waals surface area (Å²) in [6.45, 7) is 2.78. The average molecular weight is 492 g/mol. The summed E-state index contributed by atoms with van der Waals surface area (Å²) < 4.78 is 31.3. The van der Waals surface area contributed by atoms with Crippen LogP contribution in [0.1, 0.15) is 46.1 Å². The van der Waals surface area contributed by atoms with Crippen LogP contribution in [0.3, 0.4) is 0 Å². The molecule has 1 saturated heterocycles. The molecule has 4 rings (SSSR count). The number of fused-ring (bicyclic) bond motifs is 1. The van der Waals surface area contributed by atoms with Gasteiger partial charge in [0.05, 0.1) is 26.1 Å². The maximum atomic E-state index is 12.6. The number of thioether (sulfide) groups is 2. The lowest BCUT2D eigenvalue weighted by atomic mass is 10.1. The standard InChI is InChI=1S/C22H25N3O4S3/c1-2-3-10-25-19-9-8-17(32(23,27)28)13-18(19)24-20(25)14-29-21(26)15-4-6-16(7-5-15)22-30-11-12-31-22/h4-9,13,22H,2-3,10-12,14H2,1H3,(H2,23,27,28). The first kappa shape index (κ1) is 23.2. The van der Waals surface area contributed by atoms with E-state index < -0.39 is 16.0 Å². The van der Waals surface area contributed by atoms with Crippen molar-refractivity contribution in [3.8, 4) is 0 Å². The number of hydrogen-bond acceptors (Lipinski definition) is 7. The van der Waals surface area contributed by atoms with Crippen molar-refractivity contribution in [3.05, 3.63) is 59.4 Å². The minimum atomic E-state index is -3.82. The summed E-state index contributed by atoms with van der Waals surface area (Å²) in [4.78, 5) is 17.2. The Morgan fingerprint density at radius 1 is 1.19 bits per heavy atom. The lowest BCUT2D eigenvalue weighted by Crippen LogP contribution is -2.12. The Morgan fingerprint density at radius 3 is 2.56 bits per heavy atom. The highest BCUT2D eigenvalue weighted by Gasteiger charge is 2.19. The van der Waals surface area contributed by atoms with Crippen molar-refractivity contribution in [1.29, 1.82) is 0 Å². The summed E-state index contributed by atoms with van der Waals surface area (Å²) in [7, 11) is -3.82. The maximum Gasteiger partial charge on any atom is 0.338 e. The van der Waals surface area contributed by atoms with E-state index in [1.165, 1.54) is 17.7 Å². The van der Waals surface area contributed by atoms with E-state index in [2.05, 4.69) is 11.9 Å². The highest BCUT2D eigenvalue weighted by molar-refractivity contribution is 8.19. The van der Waals surface area contributed by atoms with Gasteiger partial charge in [-0.15, -0.1) is 23.5 Å². The SMILES string of the molecule is CCCCn1c(COC(=O)c2ccc(C3SCCS3)cc2)nc2cc(S(N)(=O)=O)ccc21. The van der Waals surface area contributed by atoms with E-state index in [9.17, 15) is 13.2 Å². The van der Waals surface area contributed by atoms with Crippen molar-refractivity contribution >= 4 is 50.5 Å². The first-order chi connectivity index (χ1) is 15.4. The summed E-state index contributed by atoms with van der Waals surface area (Å²) in [5, 5.41) is 5.25. The van der Waals surface area contributed by atoms with Gasteiger partial charge in [0.1, 0.15) is 12.4 Å². The fourth-order valence-corrected chi connectivity index (χ4v) is 6.95. The third kappa shape index (κ3) is 5.14. The van der Waals surface area contributed by atoms with E-state index in [0.29, 0.717) is 28.0 Å². The van der Waals surface area contributed by atoms with Gasteiger partial charge in [0.2, 0.25) is 10.0 Å². The molecule has 0 bridgehead atoms. The van der Waals surface area contributed by atoms with Gasteiger partial charge in [0.25, 0.3) is 0 Å². The Labute approximate surface area is 196 Å². The van der Waals surface area contributed by atoms with Crippen molar-refractivity contribution in [1.82, 2.24) is 9.55 Å². The number of nitrogens with two attached hydrogens (primary N) is 1. The van der Waals surface area contributed by atoms with Crippen LogP contribution in [0.4, 0.5) is 0 Å². The van der Waals surface area contributed by atoms with Crippen LogP contribution in [0.5, 0.6) is 0 Å². The van der Waals surface area contributed by atoms with E-state index in [0.717, 1.165) is 29.9 Å². The normalized spacial score (nSPS) is 14.8. The van der Waals surface area contributed by atoms with Crippen molar-refractivity contribution in [2.75, 3.05) is 11.5 Å². The number of carbonyl (C=O) groups excluding carboxylic acids is 1. The Morgan fingerprint density at radius 2 is 1.91 bits per heavy atom. The molecule has 2 N–H and O–H groups in total. The predicted octanol–water partition coefficient (Wildman–Crippen LogP) is 4.32. The number of aromatic nitrogens is 2. The van der Waals surface area contributed by atoms with Gasteiger partial charge >= 0.3 is 5.97 Å². The smallest absolute Gasteiger partial charge is 0.338 e. The van der Waals surface area contributed by atoms with Crippen molar-refractivity contribution in [3.63, 3.8) is 0 Å². The number of unbranched alkanes of at least 4 members (excludes halogenated alkanes) is 1. The molecule has 3 aromatic rings. The van der Waals surface area contributed by atoms with Gasteiger partial charge in [0, 0.05) is 18.1 Å². The predicted molar refractivity (Wildman–Crippen MR) is 129 cm³/mol. The number of hydrogen-bond donors (Lipinski definition) is 1. The fraction of sp³-hybridized carbons (Fsp3) is 0.364. The van der Waals surface area contributed by atoms with Gasteiger partial charge < -0.3 is 9.30 Å². The van der Waals surface area contributed by atoms with Crippen molar-refractivity contribution in [2.24, 2.45) is 5.14 Å². The van der Waals surface area contributed by atoms with Crippen LogP contribution < -0.4 is 5.14 Å². The molecule has 0 spiro atoms. The summed E-state index contributed by atoms with van der Waals surface area (Å²) >= 11 is 3.84. The quantitative estimate of drug-likeness (QED) is 0.468. The van der Waals surface area contributed by atoms with Crippen LogP contribution >= 0.6 is 23.5 Å². The largest absolute Gasteiger partial charge is 0.454 e. The Kier molecular flexibility index (Phi) is 7.14. The number of imidazole rings is 1. The van der Waals surface area contributed by atoms with E-state index in [1.807, 2.05) is 40.2 Å². The van der Waals surface area contributed by atoms with Gasteiger partial charge in [-0.1, -0.05) is 25.5 Å². The van der Waals surface area contributed by atoms with Crippen molar-refractivity contribution in [2.45, 2.75) is 42.4 Å². The van der Waals surface area contributed by atoms with Gasteiger partial charge in [-0.3, -0.25) is 0 Å². The Bertz CT molecular complexity index is 1220. The average Bonchev–Trinajstić information content (AvgIpc) is 3.43. The molecule has 1 aliphatic rings. The highest BCUT2D eigenvalue weighted by atomic mass is 32.2. The molecule has 170 valence electrons. The topological polar surface area (TPSA) is 104 Å². The number of benzene rings is 2. The summed E-state index contributed by atoms with van der Waals surface area (Å²) in [6.07, 6.45) is 1.90. The van der Waals surface area contributed by atoms with E-state index in [-0.39, 0.29) is 11.5 Å². The molecule has 0 radical (unpaired) electrons. The highest BCUT2D eigenvalue weighted by Crippen LogP contribution is 2.45. The number of aryl methyl sites for hydroxylation is 1. The molecule has 2 heterocycles. The molecular weight excluding hydrogens is 466 g/mol. The number of ether oxygens (including phenoxy) is 1. The molecule has 10 heteroatoms. The number of rotatable bonds is 8. The first-order valence-corrected chi connectivity index (χ1v) is 14.0. The molecule has 1 fully saturated rings. The number of nitrogens with zero attached hydrogens (tertiary/aromatic N) is 2. The second-order valence-electron chi connectivity index (χ2n) is 7.50. The Balaban J connectivity index is 1.52. The molecule has 0 unspecified atom stereocenters. The lowest BCUT2D eigenvalue weighted by Gasteiger charge is -2.11. The second kappa shape index (κ2) is 9.86. The van der Waals surface area contributed by atoms with Crippen LogP contribution in [0.15, 0.2) is 47.4 Å². The van der Waals surface area contributed by atoms with Crippen LogP contribution in [-0.4, -0.2) is 35.4 Å². The fourth-order valence-electron chi connectivity index (χ4n) is 3.55. The minimum absolute atomic E-state index is 0.00197. The van der Waals surface area contributed by atoms with Gasteiger partial charge in [-0.05, 0) is 42.3 Å². The van der Waals surface area contributed by atoms with E-state index in [4.69, 9.17) is 9.88 Å². The zero-order valence-corrected chi connectivity index (χ0v) is 20.1. The summed E-state index contributed by atoms with van der Waals surface area (Å²) in [5.74, 6) is 2.46. The lowest BCUT2D eigenvalue weighted by molar-refractivity contribution is 0.0458. The number of sulfonamides is 1. The van der Waals surface area contributed by atoms with E-state index >= 15 is 0 Å². The summed E-state index contributed by atoms with van der Waals surface area (Å²) in [5.41, 5.74) is 3.00. The second-order valence-corrected chi connectivity index (χ2v) is 11.8. The molecule has 1 aromatic heterocycles. The number of primary sulfonamides is 1. The van der Waals surface area contributed by atoms with E-state index in [1.54, 1.807) is 18.2 Å². The zero-order chi connectivity index (χ0) is 22.7. The molecule has 0 saturated carbocycles. The zero-order valence-electron chi connectivity index (χ0n) is 17.7. The summed E-state index contributed by atoms with van der Waals surface area (Å²) in [6, 6.07) is 12.2. The van der Waals surface area contributed by atoms with Gasteiger partial charge in [-0.2, -0.15) is 0 Å². The monoisotopic (exact) mass is 491 g/mol. The van der Waals surface area contributed by atoms with Crippen LogP contribution in [0, 0.1) is 0 Å². The van der Waals surface area contributed by atoms with Crippen LogP contribution in [-0.2, 0) is 27.9 Å². The third-order valence-electron chi connectivity index (χ3n) is 5.24. The van der Waals surface area contributed by atoms with Crippen molar-refractivity contribution < 1.29 is 17.9 Å². The molecule has 2 aromatic carbocycles. The van der Waals surface area contributed by atoms with Gasteiger partial charge in [-0.25, -0.2) is 23.3 Å². The van der Waals surface area contributed by atoms with Crippen LogP contribution in [0.2, 0.25) is 0 Å². The molecule has 7 nitrogen and oxygen atoms in total. The van der Waals surface area contributed by atoms with Gasteiger partial charge in [0.15, 0.2) is 0 Å². The number of carbonyl (C=O) groups is 1. The molecule has 0 amide bonds. The van der Waals surface area contributed by atoms with Crippen LogP contribution in [0.25, 0.3) is 11.0 Å².